The average Bonchev–Trinajstić information content (AvgIpc) is 3.12. The lowest BCUT2D eigenvalue weighted by Gasteiger charge is -2.00. The van der Waals surface area contributed by atoms with E-state index >= 15 is 0 Å². The van der Waals surface area contributed by atoms with Gasteiger partial charge in [-0.05, 0) is 51.8 Å². The molecule has 1 amide bonds. The number of aromatic nitrogens is 2. The van der Waals surface area contributed by atoms with E-state index in [4.69, 9.17) is 23.2 Å². The van der Waals surface area contributed by atoms with E-state index in [9.17, 15) is 4.79 Å². The van der Waals surface area contributed by atoms with Crippen LogP contribution in [0.4, 0.5) is 0 Å². The molecule has 3 rings (SSSR count). The summed E-state index contributed by atoms with van der Waals surface area (Å²) in [5.74, 6) is -0.421. The van der Waals surface area contributed by atoms with Gasteiger partial charge in [0, 0.05) is 15.1 Å². The van der Waals surface area contributed by atoms with Gasteiger partial charge < -0.3 is 0 Å². The Bertz CT molecular complexity index is 1020. The van der Waals surface area contributed by atoms with Gasteiger partial charge in [0.05, 0.1) is 16.9 Å². The van der Waals surface area contributed by atoms with Crippen LogP contribution in [0.25, 0.3) is 17.3 Å². The van der Waals surface area contributed by atoms with Gasteiger partial charge in [0.2, 0.25) is 0 Å². The van der Waals surface area contributed by atoms with Crippen LogP contribution < -0.4 is 5.43 Å². The van der Waals surface area contributed by atoms with Crippen molar-refractivity contribution in [3.05, 3.63) is 80.4 Å². The molecule has 0 unspecified atom stereocenters. The molecule has 0 saturated carbocycles. The molecule has 1 aromatic heterocycles. The molecule has 0 atom stereocenters. The van der Waals surface area contributed by atoms with E-state index in [0.717, 1.165) is 5.56 Å². The second-order valence-corrected chi connectivity index (χ2v) is 7.19. The van der Waals surface area contributed by atoms with Crippen LogP contribution in [-0.4, -0.2) is 22.3 Å². The first-order chi connectivity index (χ1) is 13.0. The smallest absolute Gasteiger partial charge is 0.272 e. The fourth-order valence-corrected chi connectivity index (χ4v) is 3.10. The summed E-state index contributed by atoms with van der Waals surface area (Å²) in [5, 5.41) is 11.7. The highest BCUT2D eigenvalue weighted by Gasteiger charge is 2.12. The number of H-pyrrole nitrogens is 1. The first-order valence-electron chi connectivity index (χ1n) is 7.79. The molecule has 5 nitrogen and oxygen atoms in total. The highest BCUT2D eigenvalue weighted by Crippen LogP contribution is 2.29. The van der Waals surface area contributed by atoms with Crippen molar-refractivity contribution in [2.24, 2.45) is 5.10 Å². The third-order valence-electron chi connectivity index (χ3n) is 3.49. The van der Waals surface area contributed by atoms with Crippen molar-refractivity contribution in [2.75, 3.05) is 0 Å². The number of nitrogens with one attached hydrogen (secondary N) is 2. The number of rotatable bonds is 5. The van der Waals surface area contributed by atoms with E-state index < -0.39 is 5.91 Å². The molecule has 27 heavy (non-hydrogen) atoms. The second-order valence-electron chi connectivity index (χ2n) is 5.43. The van der Waals surface area contributed by atoms with Gasteiger partial charge in [-0.3, -0.25) is 9.89 Å². The quantitative estimate of drug-likeness (QED) is 0.385. The summed E-state index contributed by atoms with van der Waals surface area (Å²) in [6, 6.07) is 16.4. The van der Waals surface area contributed by atoms with Crippen LogP contribution in [0.2, 0.25) is 10.0 Å². The summed E-state index contributed by atoms with van der Waals surface area (Å²) in [5.41, 5.74) is 4.93. The van der Waals surface area contributed by atoms with Crippen molar-refractivity contribution >= 4 is 57.3 Å². The number of carbonyl (C=O) groups is 1. The minimum Gasteiger partial charge on any atom is -0.272 e. The van der Waals surface area contributed by atoms with Crippen molar-refractivity contribution in [1.29, 1.82) is 0 Å². The van der Waals surface area contributed by atoms with Gasteiger partial charge in [-0.15, -0.1) is 0 Å². The van der Waals surface area contributed by atoms with Crippen LogP contribution >= 0.6 is 39.1 Å². The Morgan fingerprint density at radius 3 is 2.67 bits per heavy atom. The highest BCUT2D eigenvalue weighted by molar-refractivity contribution is 9.12. The molecule has 0 fully saturated rings. The first kappa shape index (κ1) is 19.4. The van der Waals surface area contributed by atoms with E-state index in [-0.39, 0.29) is 5.69 Å². The largest absolute Gasteiger partial charge is 0.289 e. The molecular formula is C19H13BrCl2N4O. The van der Waals surface area contributed by atoms with Crippen molar-refractivity contribution in [1.82, 2.24) is 15.6 Å². The Labute approximate surface area is 174 Å². The molecule has 3 aromatic rings. The summed E-state index contributed by atoms with van der Waals surface area (Å²) < 4.78 is 0.715. The number of carbonyl (C=O) groups excluding carboxylic acids is 1. The normalized spacial score (nSPS) is 11.7. The SMILES string of the molecule is O=C(N/N=C/C(Br)=C/c1ccccc1)c1cc(-c2ccc(Cl)cc2Cl)n[nH]1. The summed E-state index contributed by atoms with van der Waals surface area (Å²) in [4.78, 5) is 12.2. The molecule has 0 radical (unpaired) electrons. The van der Waals surface area contributed by atoms with E-state index in [1.807, 2.05) is 36.4 Å². The zero-order valence-corrected chi connectivity index (χ0v) is 16.9. The zero-order chi connectivity index (χ0) is 19.2. The predicted octanol–water partition coefficient (Wildman–Crippen LogP) is 5.54. The number of hydrogen-bond acceptors (Lipinski definition) is 3. The van der Waals surface area contributed by atoms with Gasteiger partial charge in [0.1, 0.15) is 5.69 Å². The minimum atomic E-state index is -0.421. The lowest BCUT2D eigenvalue weighted by molar-refractivity contribution is 0.0950. The maximum Gasteiger partial charge on any atom is 0.289 e. The van der Waals surface area contributed by atoms with Crippen molar-refractivity contribution in [3.8, 4) is 11.3 Å². The van der Waals surface area contributed by atoms with E-state index in [1.54, 1.807) is 24.3 Å². The lowest BCUT2D eigenvalue weighted by atomic mass is 10.1. The molecule has 8 heteroatoms. The number of aromatic amines is 1. The van der Waals surface area contributed by atoms with Gasteiger partial charge >= 0.3 is 0 Å². The monoisotopic (exact) mass is 462 g/mol. The molecule has 2 aromatic carbocycles. The first-order valence-corrected chi connectivity index (χ1v) is 9.34. The van der Waals surface area contributed by atoms with E-state index in [0.29, 0.717) is 25.8 Å². The fourth-order valence-electron chi connectivity index (χ4n) is 2.23. The Morgan fingerprint density at radius 1 is 1.15 bits per heavy atom. The van der Waals surface area contributed by atoms with Crippen LogP contribution in [0.5, 0.6) is 0 Å². The fraction of sp³-hybridized carbons (Fsp3) is 0. The Balaban J connectivity index is 1.65. The van der Waals surface area contributed by atoms with Gasteiger partial charge in [-0.1, -0.05) is 53.5 Å². The van der Waals surface area contributed by atoms with Gasteiger partial charge in [0.25, 0.3) is 5.91 Å². The third-order valence-corrected chi connectivity index (χ3v) is 4.47. The molecule has 0 aliphatic heterocycles. The number of allylic oxidation sites excluding steroid dienone is 1. The van der Waals surface area contributed by atoms with Crippen LogP contribution in [0.15, 0.2) is 64.2 Å². The molecular weight excluding hydrogens is 451 g/mol. The zero-order valence-electron chi connectivity index (χ0n) is 13.8. The van der Waals surface area contributed by atoms with E-state index in [2.05, 4.69) is 36.7 Å². The molecule has 0 aliphatic rings. The van der Waals surface area contributed by atoms with Crippen molar-refractivity contribution < 1.29 is 4.79 Å². The van der Waals surface area contributed by atoms with Crippen LogP contribution in [0, 0.1) is 0 Å². The summed E-state index contributed by atoms with van der Waals surface area (Å²) in [6.45, 7) is 0. The number of hydrazone groups is 1. The molecule has 1 heterocycles. The predicted molar refractivity (Wildman–Crippen MR) is 113 cm³/mol. The van der Waals surface area contributed by atoms with Crippen LogP contribution in [0.1, 0.15) is 16.1 Å². The van der Waals surface area contributed by atoms with Crippen molar-refractivity contribution in [2.45, 2.75) is 0 Å². The molecule has 0 bridgehead atoms. The summed E-state index contributed by atoms with van der Waals surface area (Å²) in [7, 11) is 0. The lowest BCUT2D eigenvalue weighted by Crippen LogP contribution is -2.17. The molecule has 2 N–H and O–H groups in total. The maximum absolute atomic E-state index is 12.2. The van der Waals surface area contributed by atoms with Gasteiger partial charge in [0.15, 0.2) is 0 Å². The standard InChI is InChI=1S/C19H13BrCl2N4O/c20-13(8-12-4-2-1-3-5-12)11-23-26-19(27)18-10-17(24-25-18)15-7-6-14(21)9-16(15)22/h1-11H,(H,24,25)(H,26,27)/b13-8-,23-11+. The van der Waals surface area contributed by atoms with Crippen molar-refractivity contribution in [3.63, 3.8) is 0 Å². The maximum atomic E-state index is 12.2. The molecule has 0 spiro atoms. The number of nitrogens with zero attached hydrogens (tertiary/aromatic N) is 2. The Kier molecular flexibility index (Phi) is 6.45. The number of benzene rings is 2. The Morgan fingerprint density at radius 2 is 1.93 bits per heavy atom. The number of halogens is 3. The summed E-state index contributed by atoms with van der Waals surface area (Å²) in [6.07, 6.45) is 3.38. The third kappa shape index (κ3) is 5.29. The van der Waals surface area contributed by atoms with E-state index in [1.165, 1.54) is 6.21 Å². The second kappa shape index (κ2) is 8.99. The van der Waals surface area contributed by atoms with Crippen LogP contribution in [-0.2, 0) is 0 Å². The average molecular weight is 464 g/mol. The number of hydrogen-bond donors (Lipinski definition) is 2. The Hall–Kier alpha value is -2.41. The minimum absolute atomic E-state index is 0.260. The summed E-state index contributed by atoms with van der Waals surface area (Å²) >= 11 is 15.4. The molecule has 136 valence electrons. The number of amides is 1. The van der Waals surface area contributed by atoms with Crippen LogP contribution in [0.3, 0.4) is 0 Å². The topological polar surface area (TPSA) is 70.1 Å². The highest BCUT2D eigenvalue weighted by atomic mass is 79.9. The van der Waals surface area contributed by atoms with Gasteiger partial charge in [-0.25, -0.2) is 5.43 Å². The molecule has 0 aliphatic carbocycles. The molecule has 0 saturated heterocycles. The van der Waals surface area contributed by atoms with Gasteiger partial charge in [-0.2, -0.15) is 10.2 Å².